The molecule has 2 atom stereocenters. The molecule has 1 aromatic carbocycles. The number of aliphatic hydroxyl groups excluding tert-OH is 1. The van der Waals surface area contributed by atoms with Gasteiger partial charge in [-0.2, -0.15) is 0 Å². The van der Waals surface area contributed by atoms with Crippen LogP contribution >= 0.6 is 11.3 Å². The Balaban J connectivity index is 1.95. The lowest BCUT2D eigenvalue weighted by Gasteiger charge is -2.27. The highest BCUT2D eigenvalue weighted by Crippen LogP contribution is 2.42. The van der Waals surface area contributed by atoms with Crippen molar-refractivity contribution in [3.05, 3.63) is 57.0 Å². The minimum atomic E-state index is -0.608. The summed E-state index contributed by atoms with van der Waals surface area (Å²) in [6.07, 6.45) is 2.57. The van der Waals surface area contributed by atoms with Crippen molar-refractivity contribution in [2.45, 2.75) is 38.2 Å². The number of aliphatic hydroxyl groups is 1. The molecule has 1 N–H and O–H groups in total. The summed E-state index contributed by atoms with van der Waals surface area (Å²) in [5.74, 6) is -0.161. The highest BCUT2D eigenvalue weighted by atomic mass is 32.1. The average molecular weight is 276 g/mol. The van der Waals surface area contributed by atoms with Gasteiger partial charge in [-0.15, -0.1) is 11.3 Å². The molecule has 1 aliphatic carbocycles. The molecule has 2 aromatic rings. The number of aryl methyl sites for hydroxylation is 2. The standard InChI is InChI=1S/C16H17FOS/c1-10-7-11(9-12(17)8-10)16(18)14-3-2-4-15-13(14)5-6-19-15/h5-9,14,16,18H,2-4H2,1H3. The summed E-state index contributed by atoms with van der Waals surface area (Å²) in [4.78, 5) is 1.38. The van der Waals surface area contributed by atoms with Crippen molar-refractivity contribution in [2.75, 3.05) is 0 Å². The molecule has 0 saturated heterocycles. The highest BCUT2D eigenvalue weighted by molar-refractivity contribution is 7.10. The maximum absolute atomic E-state index is 13.5. The van der Waals surface area contributed by atoms with E-state index in [4.69, 9.17) is 0 Å². The summed E-state index contributed by atoms with van der Waals surface area (Å²) in [5, 5.41) is 12.7. The summed E-state index contributed by atoms with van der Waals surface area (Å²) in [7, 11) is 0. The quantitative estimate of drug-likeness (QED) is 0.864. The number of halogens is 1. The lowest BCUT2D eigenvalue weighted by atomic mass is 9.81. The molecule has 0 radical (unpaired) electrons. The SMILES string of the molecule is Cc1cc(F)cc(C(O)C2CCCc3sccc32)c1. The molecule has 100 valence electrons. The van der Waals surface area contributed by atoms with Crippen molar-refractivity contribution in [2.24, 2.45) is 0 Å². The molecule has 0 spiro atoms. The van der Waals surface area contributed by atoms with Crippen molar-refractivity contribution in [3.8, 4) is 0 Å². The fourth-order valence-electron chi connectivity index (χ4n) is 3.02. The van der Waals surface area contributed by atoms with Crippen molar-refractivity contribution in [1.82, 2.24) is 0 Å². The number of thiophene rings is 1. The first-order valence-electron chi connectivity index (χ1n) is 6.66. The van der Waals surface area contributed by atoms with E-state index in [0.717, 1.165) is 24.8 Å². The third-order valence-electron chi connectivity index (χ3n) is 3.89. The lowest BCUT2D eigenvalue weighted by molar-refractivity contribution is 0.136. The molecule has 0 bridgehead atoms. The second-order valence-electron chi connectivity index (χ2n) is 5.30. The highest BCUT2D eigenvalue weighted by Gasteiger charge is 2.28. The van der Waals surface area contributed by atoms with Gasteiger partial charge in [0.15, 0.2) is 0 Å². The van der Waals surface area contributed by atoms with Crippen LogP contribution in [0.2, 0.25) is 0 Å². The lowest BCUT2D eigenvalue weighted by Crippen LogP contribution is -2.15. The Morgan fingerprint density at radius 2 is 2.21 bits per heavy atom. The summed E-state index contributed by atoms with van der Waals surface area (Å²) in [6.45, 7) is 1.86. The van der Waals surface area contributed by atoms with Gasteiger partial charge in [0.1, 0.15) is 5.82 Å². The first-order chi connectivity index (χ1) is 9.15. The van der Waals surface area contributed by atoms with E-state index in [1.165, 1.54) is 22.6 Å². The van der Waals surface area contributed by atoms with Crippen molar-refractivity contribution >= 4 is 11.3 Å². The summed E-state index contributed by atoms with van der Waals surface area (Å²) < 4.78 is 13.5. The van der Waals surface area contributed by atoms with Crippen LogP contribution in [-0.2, 0) is 6.42 Å². The zero-order valence-electron chi connectivity index (χ0n) is 10.9. The predicted octanol–water partition coefficient (Wildman–Crippen LogP) is 4.35. The minimum absolute atomic E-state index is 0.108. The summed E-state index contributed by atoms with van der Waals surface area (Å²) in [5.41, 5.74) is 2.81. The van der Waals surface area contributed by atoms with E-state index in [0.29, 0.717) is 5.56 Å². The Labute approximate surface area is 116 Å². The minimum Gasteiger partial charge on any atom is -0.388 e. The Hall–Kier alpha value is -1.19. The molecule has 3 rings (SSSR count). The number of rotatable bonds is 2. The Bertz CT molecular complexity index is 570. The smallest absolute Gasteiger partial charge is 0.123 e. The van der Waals surface area contributed by atoms with Gasteiger partial charge >= 0.3 is 0 Å². The maximum Gasteiger partial charge on any atom is 0.123 e. The fourth-order valence-corrected chi connectivity index (χ4v) is 4.01. The van der Waals surface area contributed by atoms with Crippen LogP contribution in [0.1, 0.15) is 46.4 Å². The molecule has 1 heterocycles. The van der Waals surface area contributed by atoms with Crippen LogP contribution in [0.5, 0.6) is 0 Å². The first-order valence-corrected chi connectivity index (χ1v) is 7.54. The van der Waals surface area contributed by atoms with Crippen LogP contribution in [0.25, 0.3) is 0 Å². The number of hydrogen-bond donors (Lipinski definition) is 1. The molecular weight excluding hydrogens is 259 g/mol. The Morgan fingerprint density at radius 1 is 1.37 bits per heavy atom. The van der Waals surface area contributed by atoms with Crippen LogP contribution in [0.15, 0.2) is 29.6 Å². The van der Waals surface area contributed by atoms with Gasteiger partial charge in [-0.25, -0.2) is 4.39 Å². The molecular formula is C16H17FOS. The molecule has 0 amide bonds. The summed E-state index contributed by atoms with van der Waals surface area (Å²) in [6, 6.07) is 6.94. The van der Waals surface area contributed by atoms with Crippen LogP contribution in [-0.4, -0.2) is 5.11 Å². The zero-order chi connectivity index (χ0) is 13.4. The second kappa shape index (κ2) is 5.06. The topological polar surface area (TPSA) is 20.2 Å². The molecule has 1 nitrogen and oxygen atoms in total. The van der Waals surface area contributed by atoms with Gasteiger partial charge in [0, 0.05) is 10.8 Å². The number of fused-ring (bicyclic) bond motifs is 1. The molecule has 0 aliphatic heterocycles. The molecule has 1 aromatic heterocycles. The number of benzene rings is 1. The molecule has 1 aliphatic rings. The number of hydrogen-bond acceptors (Lipinski definition) is 2. The van der Waals surface area contributed by atoms with Crippen LogP contribution in [0, 0.1) is 12.7 Å². The van der Waals surface area contributed by atoms with Crippen molar-refractivity contribution in [3.63, 3.8) is 0 Å². The molecule has 0 saturated carbocycles. The molecule has 19 heavy (non-hydrogen) atoms. The van der Waals surface area contributed by atoms with Gasteiger partial charge in [0.2, 0.25) is 0 Å². The predicted molar refractivity (Wildman–Crippen MR) is 76.1 cm³/mol. The van der Waals surface area contributed by atoms with E-state index >= 15 is 0 Å². The van der Waals surface area contributed by atoms with Gasteiger partial charge in [-0.3, -0.25) is 0 Å². The van der Waals surface area contributed by atoms with Gasteiger partial charge in [0.25, 0.3) is 0 Å². The first kappa shape index (κ1) is 12.8. The van der Waals surface area contributed by atoms with E-state index in [9.17, 15) is 9.50 Å². The average Bonchev–Trinajstić information content (AvgIpc) is 2.84. The van der Waals surface area contributed by atoms with Crippen LogP contribution in [0.3, 0.4) is 0 Å². The van der Waals surface area contributed by atoms with Gasteiger partial charge in [-0.1, -0.05) is 6.07 Å². The van der Waals surface area contributed by atoms with Crippen LogP contribution in [0.4, 0.5) is 4.39 Å². The van der Waals surface area contributed by atoms with Gasteiger partial charge < -0.3 is 5.11 Å². The van der Waals surface area contributed by atoms with Crippen molar-refractivity contribution < 1.29 is 9.50 Å². The normalized spacial score (nSPS) is 20.1. The van der Waals surface area contributed by atoms with Gasteiger partial charge in [0.05, 0.1) is 6.10 Å². The van der Waals surface area contributed by atoms with E-state index < -0.39 is 6.10 Å². The monoisotopic (exact) mass is 276 g/mol. The van der Waals surface area contributed by atoms with E-state index in [1.807, 2.05) is 13.0 Å². The van der Waals surface area contributed by atoms with E-state index in [-0.39, 0.29) is 11.7 Å². The molecule has 0 fully saturated rings. The fraction of sp³-hybridized carbons (Fsp3) is 0.375. The Kier molecular flexibility index (Phi) is 3.42. The van der Waals surface area contributed by atoms with Gasteiger partial charge in [-0.05, 0) is 66.5 Å². The maximum atomic E-state index is 13.5. The third kappa shape index (κ3) is 2.45. The molecule has 2 unspecified atom stereocenters. The van der Waals surface area contributed by atoms with E-state index in [1.54, 1.807) is 11.3 Å². The summed E-state index contributed by atoms with van der Waals surface area (Å²) >= 11 is 1.76. The zero-order valence-corrected chi connectivity index (χ0v) is 11.7. The van der Waals surface area contributed by atoms with Crippen molar-refractivity contribution in [1.29, 1.82) is 0 Å². The second-order valence-corrected chi connectivity index (χ2v) is 6.31. The third-order valence-corrected chi connectivity index (χ3v) is 4.88. The van der Waals surface area contributed by atoms with E-state index in [2.05, 4.69) is 11.4 Å². The Morgan fingerprint density at radius 3 is 3.00 bits per heavy atom. The van der Waals surface area contributed by atoms with Crippen LogP contribution < -0.4 is 0 Å². The largest absolute Gasteiger partial charge is 0.388 e. The molecule has 3 heteroatoms.